The van der Waals surface area contributed by atoms with E-state index in [0.29, 0.717) is 6.04 Å². The van der Waals surface area contributed by atoms with Crippen molar-refractivity contribution in [3.05, 3.63) is 60.2 Å². The third kappa shape index (κ3) is 3.66. The molecule has 0 atom stereocenters. The van der Waals surface area contributed by atoms with Crippen LogP contribution < -0.4 is 9.47 Å². The monoisotopic (exact) mass is 390 g/mol. The molecule has 0 saturated carbocycles. The van der Waals surface area contributed by atoms with Crippen LogP contribution in [0, 0.1) is 0 Å². The van der Waals surface area contributed by atoms with Gasteiger partial charge in [0.25, 0.3) is 5.91 Å². The van der Waals surface area contributed by atoms with Crippen molar-refractivity contribution in [3.63, 3.8) is 0 Å². The molecule has 3 aromatic carbocycles. The zero-order valence-corrected chi connectivity index (χ0v) is 17.3. The van der Waals surface area contributed by atoms with E-state index in [9.17, 15) is 4.79 Å². The molecule has 0 spiro atoms. The van der Waals surface area contributed by atoms with E-state index in [2.05, 4.69) is 25.1 Å². The molecule has 0 aromatic heterocycles. The summed E-state index contributed by atoms with van der Waals surface area (Å²) in [5.74, 6) is 1.59. The zero-order chi connectivity index (χ0) is 20.5. The summed E-state index contributed by atoms with van der Waals surface area (Å²) in [6.07, 6.45) is 0. The molecule has 4 rings (SSSR count). The standard InChI is InChI=1S/C24H26N2O3/c1-25(2)19-14-26(15-19)24(27)17-8-9-23-16(10-17)6-5-7-22(23)18-11-20(28-3)13-21(12-18)29-4/h5-13,19H,14-15H2,1-4H3. The fourth-order valence-electron chi connectivity index (χ4n) is 3.76. The lowest BCUT2D eigenvalue weighted by Gasteiger charge is -2.42. The van der Waals surface area contributed by atoms with Crippen molar-refractivity contribution in [2.24, 2.45) is 0 Å². The summed E-state index contributed by atoms with van der Waals surface area (Å²) in [5, 5.41) is 2.13. The van der Waals surface area contributed by atoms with E-state index >= 15 is 0 Å². The highest BCUT2D eigenvalue weighted by Gasteiger charge is 2.32. The molecule has 0 unspecified atom stereocenters. The van der Waals surface area contributed by atoms with Crippen molar-refractivity contribution in [1.82, 2.24) is 9.80 Å². The van der Waals surface area contributed by atoms with Crippen molar-refractivity contribution in [3.8, 4) is 22.6 Å². The maximum Gasteiger partial charge on any atom is 0.253 e. The fourth-order valence-corrected chi connectivity index (χ4v) is 3.76. The molecular formula is C24H26N2O3. The molecule has 1 aliphatic rings. The molecule has 1 amide bonds. The van der Waals surface area contributed by atoms with Crippen LogP contribution in [-0.2, 0) is 0 Å². The molecule has 1 heterocycles. The fraction of sp³-hybridized carbons (Fsp3) is 0.292. The molecule has 0 aliphatic carbocycles. The Morgan fingerprint density at radius 3 is 2.28 bits per heavy atom. The average Bonchev–Trinajstić information content (AvgIpc) is 2.70. The summed E-state index contributed by atoms with van der Waals surface area (Å²) in [7, 11) is 7.40. The first kappa shape index (κ1) is 19.3. The van der Waals surface area contributed by atoms with Crippen LogP contribution in [0.3, 0.4) is 0 Å². The summed E-state index contributed by atoms with van der Waals surface area (Å²) >= 11 is 0. The second-order valence-electron chi connectivity index (χ2n) is 7.67. The van der Waals surface area contributed by atoms with Crippen LogP contribution in [0.5, 0.6) is 11.5 Å². The lowest BCUT2D eigenvalue weighted by atomic mass is 9.96. The number of fused-ring (bicyclic) bond motifs is 1. The molecular weight excluding hydrogens is 364 g/mol. The number of rotatable bonds is 5. The van der Waals surface area contributed by atoms with E-state index in [1.807, 2.05) is 53.4 Å². The Hall–Kier alpha value is -3.05. The molecule has 1 fully saturated rings. The highest BCUT2D eigenvalue weighted by atomic mass is 16.5. The third-order valence-corrected chi connectivity index (χ3v) is 5.67. The van der Waals surface area contributed by atoms with Crippen molar-refractivity contribution < 1.29 is 14.3 Å². The number of ether oxygens (including phenoxy) is 2. The Kier molecular flexibility index (Phi) is 5.16. The van der Waals surface area contributed by atoms with Crippen LogP contribution in [0.1, 0.15) is 10.4 Å². The van der Waals surface area contributed by atoms with Crippen LogP contribution in [0.2, 0.25) is 0 Å². The summed E-state index contributed by atoms with van der Waals surface area (Å²) < 4.78 is 10.8. The Morgan fingerprint density at radius 1 is 0.966 bits per heavy atom. The van der Waals surface area contributed by atoms with Gasteiger partial charge in [0.05, 0.1) is 14.2 Å². The maximum absolute atomic E-state index is 12.8. The first-order valence-corrected chi connectivity index (χ1v) is 9.72. The number of nitrogens with zero attached hydrogens (tertiary/aromatic N) is 2. The van der Waals surface area contributed by atoms with Gasteiger partial charge in [0.15, 0.2) is 0 Å². The number of carbonyl (C=O) groups is 1. The van der Waals surface area contributed by atoms with Crippen LogP contribution in [0.25, 0.3) is 21.9 Å². The second kappa shape index (κ2) is 7.76. The lowest BCUT2D eigenvalue weighted by molar-refractivity contribution is 0.0399. The average molecular weight is 390 g/mol. The van der Waals surface area contributed by atoms with E-state index < -0.39 is 0 Å². The van der Waals surface area contributed by atoms with Crippen molar-refractivity contribution in [1.29, 1.82) is 0 Å². The van der Waals surface area contributed by atoms with Crippen LogP contribution in [-0.4, -0.2) is 63.2 Å². The number of methoxy groups -OCH3 is 2. The minimum atomic E-state index is 0.0958. The van der Waals surface area contributed by atoms with Gasteiger partial charge in [-0.2, -0.15) is 0 Å². The highest BCUT2D eigenvalue weighted by Crippen LogP contribution is 2.34. The minimum absolute atomic E-state index is 0.0958. The molecule has 1 aliphatic heterocycles. The summed E-state index contributed by atoms with van der Waals surface area (Å²) in [5.41, 5.74) is 2.83. The minimum Gasteiger partial charge on any atom is -0.497 e. The molecule has 0 bridgehead atoms. The number of benzene rings is 3. The number of hydrogen-bond acceptors (Lipinski definition) is 4. The predicted octanol–water partition coefficient (Wildman–Crippen LogP) is 3.91. The van der Waals surface area contributed by atoms with Crippen molar-refractivity contribution in [2.45, 2.75) is 6.04 Å². The van der Waals surface area contributed by atoms with Crippen molar-refractivity contribution >= 4 is 16.7 Å². The number of carbonyl (C=O) groups excluding carboxylic acids is 1. The van der Waals surface area contributed by atoms with Crippen LogP contribution in [0.15, 0.2) is 54.6 Å². The predicted molar refractivity (Wildman–Crippen MR) is 116 cm³/mol. The number of amides is 1. The largest absolute Gasteiger partial charge is 0.497 e. The molecule has 5 heteroatoms. The van der Waals surface area contributed by atoms with Gasteiger partial charge >= 0.3 is 0 Å². The highest BCUT2D eigenvalue weighted by molar-refractivity contribution is 6.03. The molecule has 1 saturated heterocycles. The molecule has 0 N–H and O–H groups in total. The van der Waals surface area contributed by atoms with E-state index in [1.54, 1.807) is 14.2 Å². The summed E-state index contributed by atoms with van der Waals surface area (Å²) in [6, 6.07) is 18.4. The quantitative estimate of drug-likeness (QED) is 0.662. The van der Waals surface area contributed by atoms with Gasteiger partial charge in [0.2, 0.25) is 0 Å². The molecule has 150 valence electrons. The third-order valence-electron chi connectivity index (χ3n) is 5.67. The van der Waals surface area contributed by atoms with E-state index in [1.165, 1.54) is 0 Å². The van der Waals surface area contributed by atoms with Gasteiger partial charge in [-0.1, -0.05) is 24.3 Å². The van der Waals surface area contributed by atoms with Crippen molar-refractivity contribution in [2.75, 3.05) is 41.4 Å². The first-order chi connectivity index (χ1) is 14.0. The van der Waals surface area contributed by atoms with E-state index in [4.69, 9.17) is 9.47 Å². The summed E-state index contributed by atoms with van der Waals surface area (Å²) in [6.45, 7) is 1.57. The SMILES string of the molecule is COc1cc(OC)cc(-c2cccc3cc(C(=O)N4CC(N(C)C)C4)ccc23)c1. The van der Waals surface area contributed by atoms with E-state index in [0.717, 1.165) is 52.1 Å². The van der Waals surface area contributed by atoms with Crippen LogP contribution >= 0.6 is 0 Å². The molecule has 3 aromatic rings. The Bertz CT molecular complexity index is 1030. The first-order valence-electron chi connectivity index (χ1n) is 9.72. The number of likely N-dealkylation sites (N-methyl/N-ethyl adjacent to an activating group) is 1. The zero-order valence-electron chi connectivity index (χ0n) is 17.3. The smallest absolute Gasteiger partial charge is 0.253 e. The van der Waals surface area contributed by atoms with Gasteiger partial charge in [-0.25, -0.2) is 0 Å². The maximum atomic E-state index is 12.8. The Labute approximate surface area is 171 Å². The Morgan fingerprint density at radius 2 is 1.66 bits per heavy atom. The second-order valence-corrected chi connectivity index (χ2v) is 7.67. The van der Waals surface area contributed by atoms with Gasteiger partial charge in [0, 0.05) is 30.8 Å². The summed E-state index contributed by atoms with van der Waals surface area (Å²) in [4.78, 5) is 16.9. The number of likely N-dealkylation sites (tertiary alicyclic amines) is 1. The van der Waals surface area contributed by atoms with Gasteiger partial charge in [-0.05, 0) is 60.3 Å². The van der Waals surface area contributed by atoms with Gasteiger partial charge in [0.1, 0.15) is 11.5 Å². The van der Waals surface area contributed by atoms with E-state index in [-0.39, 0.29) is 5.91 Å². The number of hydrogen-bond donors (Lipinski definition) is 0. The van der Waals surface area contributed by atoms with Gasteiger partial charge < -0.3 is 19.3 Å². The molecule has 5 nitrogen and oxygen atoms in total. The van der Waals surface area contributed by atoms with Gasteiger partial charge in [-0.15, -0.1) is 0 Å². The Balaban J connectivity index is 1.68. The molecule has 29 heavy (non-hydrogen) atoms. The van der Waals surface area contributed by atoms with Crippen LogP contribution in [0.4, 0.5) is 0 Å². The van der Waals surface area contributed by atoms with Gasteiger partial charge in [-0.3, -0.25) is 4.79 Å². The topological polar surface area (TPSA) is 42.0 Å². The normalized spacial score (nSPS) is 14.2. The molecule has 0 radical (unpaired) electrons. The lowest BCUT2D eigenvalue weighted by Crippen LogP contribution is -2.59.